The van der Waals surface area contributed by atoms with Crippen molar-refractivity contribution in [2.45, 2.75) is 12.5 Å². The van der Waals surface area contributed by atoms with E-state index in [0.717, 1.165) is 5.75 Å². The smallest absolute Gasteiger partial charge is 0.322 e. The molecule has 3 rings (SSSR count). The molecule has 2 aromatic rings. The maximum atomic E-state index is 12.5. The second-order valence-electron chi connectivity index (χ2n) is 4.98. The molecular weight excluding hydrogens is 280 g/mol. The normalized spacial score (nSPS) is 20.4. The zero-order valence-corrected chi connectivity index (χ0v) is 12.1. The van der Waals surface area contributed by atoms with Gasteiger partial charge >= 0.3 is 6.03 Å². The number of benzene rings is 2. The van der Waals surface area contributed by atoms with Gasteiger partial charge in [0.05, 0.1) is 6.61 Å². The van der Waals surface area contributed by atoms with Crippen molar-refractivity contribution < 1.29 is 14.3 Å². The molecule has 0 spiro atoms. The van der Waals surface area contributed by atoms with Gasteiger partial charge in [-0.1, -0.05) is 42.5 Å². The fourth-order valence-corrected chi connectivity index (χ4v) is 2.68. The number of hydrogen-bond donors (Lipinski definition) is 2. The molecule has 5 nitrogen and oxygen atoms in total. The van der Waals surface area contributed by atoms with Crippen LogP contribution in [-0.2, 0) is 10.3 Å². The molecule has 2 N–H and O–H groups in total. The predicted molar refractivity (Wildman–Crippen MR) is 81.5 cm³/mol. The summed E-state index contributed by atoms with van der Waals surface area (Å²) in [5.41, 5.74) is 0.191. The number of rotatable bonds is 4. The summed E-state index contributed by atoms with van der Waals surface area (Å²) in [6, 6.07) is 15.9. The van der Waals surface area contributed by atoms with Crippen LogP contribution in [0.3, 0.4) is 0 Å². The number of imide groups is 1. The monoisotopic (exact) mass is 296 g/mol. The fourth-order valence-electron chi connectivity index (χ4n) is 2.68. The van der Waals surface area contributed by atoms with Gasteiger partial charge in [-0.2, -0.15) is 0 Å². The first-order valence-corrected chi connectivity index (χ1v) is 7.09. The highest BCUT2D eigenvalue weighted by molar-refractivity contribution is 6.09. The molecule has 0 radical (unpaired) electrons. The molecule has 1 heterocycles. The van der Waals surface area contributed by atoms with Crippen LogP contribution in [-0.4, -0.2) is 18.5 Å². The summed E-state index contributed by atoms with van der Waals surface area (Å²) in [6.07, 6.45) is 0. The van der Waals surface area contributed by atoms with Gasteiger partial charge in [-0.3, -0.25) is 10.1 Å². The molecular formula is C17H16N2O3. The molecule has 1 aliphatic rings. The summed E-state index contributed by atoms with van der Waals surface area (Å²) in [5.74, 6) is 0.340. The van der Waals surface area contributed by atoms with Crippen LogP contribution in [0.15, 0.2) is 54.6 Å². The zero-order valence-electron chi connectivity index (χ0n) is 12.1. The van der Waals surface area contributed by atoms with Gasteiger partial charge in [0.25, 0.3) is 5.91 Å². The topological polar surface area (TPSA) is 67.4 Å². The van der Waals surface area contributed by atoms with E-state index in [2.05, 4.69) is 10.6 Å². The van der Waals surface area contributed by atoms with E-state index in [0.29, 0.717) is 17.7 Å². The third kappa shape index (κ3) is 2.20. The van der Waals surface area contributed by atoms with Crippen molar-refractivity contribution in [3.05, 3.63) is 65.7 Å². The van der Waals surface area contributed by atoms with E-state index in [4.69, 9.17) is 4.74 Å². The molecule has 0 saturated carbocycles. The summed E-state index contributed by atoms with van der Waals surface area (Å²) < 4.78 is 5.42. The molecule has 1 aliphatic heterocycles. The average molecular weight is 296 g/mol. The minimum Gasteiger partial charge on any atom is -0.494 e. The van der Waals surface area contributed by atoms with Crippen molar-refractivity contribution in [1.29, 1.82) is 0 Å². The lowest BCUT2D eigenvalue weighted by Gasteiger charge is -2.27. The van der Waals surface area contributed by atoms with Crippen LogP contribution in [0.1, 0.15) is 18.1 Å². The molecule has 2 aromatic carbocycles. The van der Waals surface area contributed by atoms with Crippen molar-refractivity contribution in [3.63, 3.8) is 0 Å². The molecule has 0 aliphatic carbocycles. The minimum absolute atomic E-state index is 0.382. The summed E-state index contributed by atoms with van der Waals surface area (Å²) >= 11 is 0. The maximum Gasteiger partial charge on any atom is 0.322 e. The Balaban J connectivity index is 2.10. The Kier molecular flexibility index (Phi) is 3.55. The van der Waals surface area contributed by atoms with Gasteiger partial charge in [0.15, 0.2) is 5.54 Å². The molecule has 1 atom stereocenters. The summed E-state index contributed by atoms with van der Waals surface area (Å²) in [4.78, 5) is 24.2. The lowest BCUT2D eigenvalue weighted by Crippen LogP contribution is -2.44. The Morgan fingerprint density at radius 2 is 1.59 bits per heavy atom. The third-order valence-corrected chi connectivity index (χ3v) is 3.67. The van der Waals surface area contributed by atoms with E-state index in [1.807, 2.05) is 37.3 Å². The quantitative estimate of drug-likeness (QED) is 0.850. The van der Waals surface area contributed by atoms with Gasteiger partial charge in [-0.15, -0.1) is 0 Å². The highest BCUT2D eigenvalue weighted by atomic mass is 16.5. The third-order valence-electron chi connectivity index (χ3n) is 3.67. The van der Waals surface area contributed by atoms with E-state index < -0.39 is 11.6 Å². The Morgan fingerprint density at radius 3 is 2.14 bits per heavy atom. The van der Waals surface area contributed by atoms with E-state index in [1.54, 1.807) is 24.3 Å². The molecule has 0 bridgehead atoms. The Hall–Kier alpha value is -2.82. The second kappa shape index (κ2) is 5.52. The number of urea groups is 1. The number of hydrogen-bond acceptors (Lipinski definition) is 3. The number of amides is 3. The number of ether oxygens (including phenoxy) is 1. The van der Waals surface area contributed by atoms with Gasteiger partial charge in [-0.25, -0.2) is 4.79 Å². The van der Waals surface area contributed by atoms with E-state index in [1.165, 1.54) is 0 Å². The largest absolute Gasteiger partial charge is 0.494 e. The molecule has 0 aromatic heterocycles. The summed E-state index contributed by atoms with van der Waals surface area (Å²) in [7, 11) is 0. The molecule has 1 saturated heterocycles. The van der Waals surface area contributed by atoms with Crippen LogP contribution in [0.5, 0.6) is 5.75 Å². The van der Waals surface area contributed by atoms with Crippen molar-refractivity contribution in [2.75, 3.05) is 6.61 Å². The Labute approximate surface area is 128 Å². The molecule has 5 heteroatoms. The van der Waals surface area contributed by atoms with Crippen LogP contribution < -0.4 is 15.4 Å². The van der Waals surface area contributed by atoms with E-state index >= 15 is 0 Å². The van der Waals surface area contributed by atoms with E-state index in [-0.39, 0.29) is 5.91 Å². The molecule has 22 heavy (non-hydrogen) atoms. The van der Waals surface area contributed by atoms with Gasteiger partial charge in [0.1, 0.15) is 5.75 Å². The van der Waals surface area contributed by atoms with Gasteiger partial charge in [0.2, 0.25) is 0 Å². The summed E-state index contributed by atoms with van der Waals surface area (Å²) in [6.45, 7) is 2.48. The fraction of sp³-hybridized carbons (Fsp3) is 0.176. The van der Waals surface area contributed by atoms with Crippen molar-refractivity contribution in [1.82, 2.24) is 10.6 Å². The average Bonchev–Trinajstić information content (AvgIpc) is 2.85. The Morgan fingerprint density at radius 1 is 0.955 bits per heavy atom. The number of nitrogens with one attached hydrogen (secondary N) is 2. The van der Waals surface area contributed by atoms with Crippen LogP contribution in [0.2, 0.25) is 0 Å². The first-order valence-electron chi connectivity index (χ1n) is 7.09. The lowest BCUT2D eigenvalue weighted by atomic mass is 9.83. The molecule has 1 fully saturated rings. The van der Waals surface area contributed by atoms with Crippen molar-refractivity contribution in [2.24, 2.45) is 0 Å². The van der Waals surface area contributed by atoms with Gasteiger partial charge < -0.3 is 10.1 Å². The molecule has 0 unspecified atom stereocenters. The van der Waals surface area contributed by atoms with Crippen LogP contribution >= 0.6 is 0 Å². The SMILES string of the molecule is CCOc1ccc([C@@]2(c3ccccc3)NC(=O)NC2=O)cc1. The standard InChI is InChI=1S/C17H16N2O3/c1-2-22-14-10-8-13(9-11-14)17(12-6-4-3-5-7-12)15(20)18-16(21)19-17/h3-11H,2H2,1H3,(H2,18,19,20,21)/t17-/m1/s1. The van der Waals surface area contributed by atoms with Crippen LogP contribution in [0.4, 0.5) is 4.79 Å². The maximum absolute atomic E-state index is 12.5. The second-order valence-corrected chi connectivity index (χ2v) is 4.98. The first kappa shape index (κ1) is 14.1. The highest BCUT2D eigenvalue weighted by Crippen LogP contribution is 2.33. The number of carbonyl (C=O) groups is 2. The minimum atomic E-state index is -1.21. The highest BCUT2D eigenvalue weighted by Gasteiger charge is 2.49. The van der Waals surface area contributed by atoms with Crippen LogP contribution in [0, 0.1) is 0 Å². The van der Waals surface area contributed by atoms with Crippen molar-refractivity contribution >= 4 is 11.9 Å². The zero-order chi connectivity index (χ0) is 15.6. The Bertz CT molecular complexity index is 698. The van der Waals surface area contributed by atoms with Gasteiger partial charge in [0, 0.05) is 0 Å². The van der Waals surface area contributed by atoms with Crippen LogP contribution in [0.25, 0.3) is 0 Å². The van der Waals surface area contributed by atoms with E-state index in [9.17, 15) is 9.59 Å². The number of carbonyl (C=O) groups excluding carboxylic acids is 2. The summed E-state index contributed by atoms with van der Waals surface area (Å²) in [5, 5.41) is 5.08. The molecule has 112 valence electrons. The lowest BCUT2D eigenvalue weighted by molar-refractivity contribution is -0.122. The molecule has 3 amide bonds. The van der Waals surface area contributed by atoms with Crippen molar-refractivity contribution in [3.8, 4) is 5.75 Å². The van der Waals surface area contributed by atoms with Gasteiger partial charge in [-0.05, 0) is 30.2 Å². The first-order chi connectivity index (χ1) is 10.7. The predicted octanol–water partition coefficient (Wildman–Crippen LogP) is 2.17.